The van der Waals surface area contributed by atoms with Crippen molar-refractivity contribution in [1.82, 2.24) is 4.57 Å². The Morgan fingerprint density at radius 3 is 2.73 bits per heavy atom. The van der Waals surface area contributed by atoms with Gasteiger partial charge in [0, 0.05) is 17.1 Å². The van der Waals surface area contributed by atoms with Crippen molar-refractivity contribution >= 4 is 11.3 Å². The van der Waals surface area contributed by atoms with Crippen LogP contribution in [0.4, 0.5) is 0 Å². The maximum absolute atomic E-state index is 11.2. The van der Waals surface area contributed by atoms with Crippen LogP contribution in [0, 0.1) is 11.8 Å². The van der Waals surface area contributed by atoms with Crippen molar-refractivity contribution in [3.05, 3.63) is 57.1 Å². The van der Waals surface area contributed by atoms with E-state index in [4.69, 9.17) is 0 Å². The van der Waals surface area contributed by atoms with E-state index >= 15 is 0 Å². The highest BCUT2D eigenvalue weighted by atomic mass is 32.1. The van der Waals surface area contributed by atoms with Crippen molar-refractivity contribution in [2.45, 2.75) is 6.54 Å². The summed E-state index contributed by atoms with van der Waals surface area (Å²) in [5, 5.41) is 1.77. The summed E-state index contributed by atoms with van der Waals surface area (Å²) in [6.07, 6.45) is 1.76. The van der Waals surface area contributed by atoms with Gasteiger partial charge in [-0.05, 0) is 12.1 Å². The van der Waals surface area contributed by atoms with E-state index in [0.29, 0.717) is 6.54 Å². The molecule has 0 saturated carbocycles. The smallest absolute Gasteiger partial charge is 0.294 e. The Kier molecular flexibility index (Phi) is 3.01. The summed E-state index contributed by atoms with van der Waals surface area (Å²) in [5.74, 6) is 5.97. The van der Waals surface area contributed by atoms with Crippen LogP contribution < -0.4 is 4.87 Å². The zero-order chi connectivity index (χ0) is 10.5. The average molecular weight is 215 g/mol. The van der Waals surface area contributed by atoms with Gasteiger partial charge in [-0.3, -0.25) is 9.36 Å². The topological polar surface area (TPSA) is 22.0 Å². The molecular formula is C12H9NOS. The number of thiazole rings is 1. The Hall–Kier alpha value is -1.79. The number of hydrogen-bond acceptors (Lipinski definition) is 2. The molecule has 15 heavy (non-hydrogen) atoms. The minimum absolute atomic E-state index is 0.0392. The molecule has 0 fully saturated rings. The lowest BCUT2D eigenvalue weighted by molar-refractivity contribution is 0.825. The summed E-state index contributed by atoms with van der Waals surface area (Å²) in [6, 6.07) is 9.74. The molecule has 2 aromatic rings. The van der Waals surface area contributed by atoms with E-state index in [2.05, 4.69) is 11.8 Å². The Morgan fingerprint density at radius 2 is 2.07 bits per heavy atom. The molecule has 2 nitrogen and oxygen atoms in total. The van der Waals surface area contributed by atoms with Gasteiger partial charge in [0.1, 0.15) is 0 Å². The fourth-order valence-corrected chi connectivity index (χ4v) is 1.74. The van der Waals surface area contributed by atoms with Gasteiger partial charge in [-0.15, -0.1) is 0 Å². The molecule has 0 aliphatic carbocycles. The molecule has 2 rings (SSSR count). The Balaban J connectivity index is 2.09. The van der Waals surface area contributed by atoms with Gasteiger partial charge in [0.25, 0.3) is 0 Å². The molecule has 74 valence electrons. The van der Waals surface area contributed by atoms with Gasteiger partial charge >= 0.3 is 4.87 Å². The Labute approximate surface area is 91.8 Å². The van der Waals surface area contributed by atoms with Crippen LogP contribution >= 0.6 is 11.3 Å². The van der Waals surface area contributed by atoms with E-state index in [9.17, 15) is 4.79 Å². The SMILES string of the molecule is O=c1sccn1CC#Cc1ccccc1. The zero-order valence-electron chi connectivity index (χ0n) is 8.01. The normalized spacial score (nSPS) is 9.33. The van der Waals surface area contributed by atoms with E-state index in [1.165, 1.54) is 11.3 Å². The van der Waals surface area contributed by atoms with Crippen LogP contribution in [0.2, 0.25) is 0 Å². The molecule has 0 atom stereocenters. The van der Waals surface area contributed by atoms with E-state index in [-0.39, 0.29) is 4.87 Å². The van der Waals surface area contributed by atoms with Crippen LogP contribution in [0.3, 0.4) is 0 Å². The molecule has 0 amide bonds. The fourth-order valence-electron chi connectivity index (χ4n) is 1.16. The Bertz CT molecular complexity index is 542. The maximum atomic E-state index is 11.2. The van der Waals surface area contributed by atoms with Crippen LogP contribution in [0.1, 0.15) is 5.56 Å². The molecule has 1 heterocycles. The van der Waals surface area contributed by atoms with Gasteiger partial charge in [-0.1, -0.05) is 41.4 Å². The van der Waals surface area contributed by atoms with Gasteiger partial charge in [0.2, 0.25) is 0 Å². The predicted octanol–water partition coefficient (Wildman–Crippen LogP) is 1.96. The summed E-state index contributed by atoms with van der Waals surface area (Å²) in [6.45, 7) is 0.456. The number of rotatable bonds is 1. The number of nitrogens with zero attached hydrogens (tertiary/aromatic N) is 1. The first kappa shape index (κ1) is 9.75. The molecule has 0 bridgehead atoms. The second-order valence-electron chi connectivity index (χ2n) is 2.96. The van der Waals surface area contributed by atoms with E-state index in [1.54, 1.807) is 16.1 Å². The lowest BCUT2D eigenvalue weighted by Gasteiger charge is -1.90. The summed E-state index contributed by atoms with van der Waals surface area (Å²) < 4.78 is 1.60. The summed E-state index contributed by atoms with van der Waals surface area (Å²) in [5.41, 5.74) is 0.973. The van der Waals surface area contributed by atoms with Crippen molar-refractivity contribution in [2.75, 3.05) is 0 Å². The third-order valence-electron chi connectivity index (χ3n) is 1.90. The van der Waals surface area contributed by atoms with Crippen molar-refractivity contribution < 1.29 is 0 Å². The molecule has 3 heteroatoms. The third kappa shape index (κ3) is 2.58. The van der Waals surface area contributed by atoms with Gasteiger partial charge in [-0.25, -0.2) is 0 Å². The monoisotopic (exact) mass is 215 g/mol. The first-order chi connectivity index (χ1) is 7.36. The molecule has 0 spiro atoms. The first-order valence-corrected chi connectivity index (χ1v) is 5.42. The minimum atomic E-state index is 0.0392. The van der Waals surface area contributed by atoms with Crippen molar-refractivity contribution in [1.29, 1.82) is 0 Å². The molecule has 0 aliphatic heterocycles. The standard InChI is InChI=1S/C12H9NOS/c14-12-13(9-10-15-12)8-4-7-11-5-2-1-3-6-11/h1-3,5-6,9-10H,8H2. The van der Waals surface area contributed by atoms with E-state index in [1.807, 2.05) is 30.3 Å². The van der Waals surface area contributed by atoms with E-state index < -0.39 is 0 Å². The lowest BCUT2D eigenvalue weighted by atomic mass is 10.2. The van der Waals surface area contributed by atoms with Crippen molar-refractivity contribution in [2.24, 2.45) is 0 Å². The highest BCUT2D eigenvalue weighted by molar-refractivity contribution is 7.07. The largest absolute Gasteiger partial charge is 0.307 e. The molecular weight excluding hydrogens is 206 g/mol. The summed E-state index contributed by atoms with van der Waals surface area (Å²) in [4.78, 5) is 11.2. The van der Waals surface area contributed by atoms with Crippen LogP contribution in [0.5, 0.6) is 0 Å². The van der Waals surface area contributed by atoms with Crippen LogP contribution in [0.15, 0.2) is 46.7 Å². The molecule has 0 saturated heterocycles. The van der Waals surface area contributed by atoms with Gasteiger partial charge < -0.3 is 0 Å². The average Bonchev–Trinajstić information content (AvgIpc) is 2.66. The summed E-state index contributed by atoms with van der Waals surface area (Å²) >= 11 is 1.19. The fraction of sp³-hybridized carbons (Fsp3) is 0.0833. The molecule has 0 unspecified atom stereocenters. The van der Waals surface area contributed by atoms with Crippen molar-refractivity contribution in [3.63, 3.8) is 0 Å². The van der Waals surface area contributed by atoms with Gasteiger partial charge in [0.05, 0.1) is 6.54 Å². The number of hydrogen-bond donors (Lipinski definition) is 0. The van der Waals surface area contributed by atoms with Gasteiger partial charge in [-0.2, -0.15) is 0 Å². The van der Waals surface area contributed by atoms with Gasteiger partial charge in [0.15, 0.2) is 0 Å². The molecule has 0 N–H and O–H groups in total. The quantitative estimate of drug-likeness (QED) is 0.666. The zero-order valence-corrected chi connectivity index (χ0v) is 8.83. The first-order valence-electron chi connectivity index (χ1n) is 4.54. The highest BCUT2D eigenvalue weighted by Crippen LogP contribution is 1.95. The molecule has 1 aromatic heterocycles. The highest BCUT2D eigenvalue weighted by Gasteiger charge is 1.91. The number of aromatic nitrogens is 1. The van der Waals surface area contributed by atoms with Crippen LogP contribution in [0.25, 0.3) is 0 Å². The third-order valence-corrected chi connectivity index (χ3v) is 2.59. The summed E-state index contributed by atoms with van der Waals surface area (Å²) in [7, 11) is 0. The van der Waals surface area contributed by atoms with E-state index in [0.717, 1.165) is 5.56 Å². The van der Waals surface area contributed by atoms with Crippen LogP contribution in [-0.2, 0) is 6.54 Å². The maximum Gasteiger partial charge on any atom is 0.307 e. The molecule has 0 radical (unpaired) electrons. The second kappa shape index (κ2) is 4.63. The minimum Gasteiger partial charge on any atom is -0.294 e. The second-order valence-corrected chi connectivity index (χ2v) is 3.82. The van der Waals surface area contributed by atoms with Crippen LogP contribution in [-0.4, -0.2) is 4.57 Å². The number of benzene rings is 1. The lowest BCUT2D eigenvalue weighted by Crippen LogP contribution is -2.10. The predicted molar refractivity (Wildman–Crippen MR) is 61.9 cm³/mol. The van der Waals surface area contributed by atoms with Crippen molar-refractivity contribution in [3.8, 4) is 11.8 Å². The Morgan fingerprint density at radius 1 is 1.27 bits per heavy atom. The molecule has 0 aliphatic rings. The molecule has 1 aromatic carbocycles.